The maximum Gasteiger partial charge on any atom is 0.255 e. The number of aryl methyl sites for hydroxylation is 1. The molecule has 3 rings (SSSR count). The largest absolute Gasteiger partial charge is 0.371 e. The van der Waals surface area contributed by atoms with Crippen LogP contribution in [0.5, 0.6) is 0 Å². The van der Waals surface area contributed by atoms with Crippen LogP contribution in [0.2, 0.25) is 0 Å². The highest BCUT2D eigenvalue weighted by Crippen LogP contribution is 2.25. The van der Waals surface area contributed by atoms with Crippen LogP contribution in [-0.4, -0.2) is 44.0 Å². The van der Waals surface area contributed by atoms with Gasteiger partial charge in [0.25, 0.3) is 5.91 Å². The molecule has 0 bridgehead atoms. The van der Waals surface area contributed by atoms with Crippen LogP contribution in [0.1, 0.15) is 28.8 Å². The second kappa shape index (κ2) is 8.37. The van der Waals surface area contributed by atoms with E-state index in [9.17, 15) is 9.18 Å². The Balaban J connectivity index is 1.77. The summed E-state index contributed by atoms with van der Waals surface area (Å²) in [7, 11) is 6.98. The van der Waals surface area contributed by atoms with Crippen LogP contribution in [0.25, 0.3) is 0 Å². The van der Waals surface area contributed by atoms with Gasteiger partial charge in [-0.25, -0.2) is 4.39 Å². The molecule has 0 aromatic heterocycles. The zero-order valence-electron chi connectivity index (χ0n) is 16.1. The molecule has 1 aliphatic heterocycles. The standard InChI is InChI=1S/C21H27FN3OP/c1-14-10-15(22)4-5-20(14)21(26)23-16-11-18(13-19(27)12-16)25(3)17-6-8-24(2)9-7-17/h4-5,10-13,17H,6-9,27H2,1-3H3,(H,23,26). The van der Waals surface area contributed by atoms with Gasteiger partial charge in [-0.1, -0.05) is 0 Å². The van der Waals surface area contributed by atoms with E-state index < -0.39 is 0 Å². The van der Waals surface area contributed by atoms with Crippen molar-refractivity contribution in [2.75, 3.05) is 37.4 Å². The Hall–Kier alpha value is -1.97. The normalized spacial score (nSPS) is 15.6. The number of piperidine rings is 1. The molecular weight excluding hydrogens is 360 g/mol. The minimum Gasteiger partial charge on any atom is -0.371 e. The molecule has 0 radical (unpaired) electrons. The van der Waals surface area contributed by atoms with Crippen molar-refractivity contribution in [3.05, 3.63) is 53.3 Å². The van der Waals surface area contributed by atoms with E-state index in [0.717, 1.165) is 42.6 Å². The van der Waals surface area contributed by atoms with Crippen LogP contribution < -0.4 is 15.5 Å². The van der Waals surface area contributed by atoms with Crippen molar-refractivity contribution in [1.29, 1.82) is 0 Å². The maximum atomic E-state index is 13.3. The maximum absolute atomic E-state index is 13.3. The van der Waals surface area contributed by atoms with Crippen LogP contribution >= 0.6 is 9.24 Å². The quantitative estimate of drug-likeness (QED) is 0.817. The van der Waals surface area contributed by atoms with E-state index >= 15 is 0 Å². The van der Waals surface area contributed by atoms with E-state index in [1.54, 1.807) is 6.92 Å². The summed E-state index contributed by atoms with van der Waals surface area (Å²) in [6.07, 6.45) is 2.26. The van der Waals surface area contributed by atoms with Crippen LogP contribution in [0, 0.1) is 12.7 Å². The van der Waals surface area contributed by atoms with Gasteiger partial charge in [0.2, 0.25) is 0 Å². The Morgan fingerprint density at radius 1 is 1.22 bits per heavy atom. The van der Waals surface area contributed by atoms with Crippen LogP contribution in [0.4, 0.5) is 15.8 Å². The van der Waals surface area contributed by atoms with E-state index in [4.69, 9.17) is 0 Å². The fraction of sp³-hybridized carbons (Fsp3) is 0.381. The zero-order chi connectivity index (χ0) is 19.6. The van der Waals surface area contributed by atoms with Crippen molar-refractivity contribution >= 4 is 31.8 Å². The summed E-state index contributed by atoms with van der Waals surface area (Å²) >= 11 is 0. The Morgan fingerprint density at radius 2 is 1.93 bits per heavy atom. The Morgan fingerprint density at radius 3 is 2.59 bits per heavy atom. The summed E-state index contributed by atoms with van der Waals surface area (Å²) in [5.74, 6) is -0.561. The molecule has 1 saturated heterocycles. The number of nitrogens with zero attached hydrogens (tertiary/aromatic N) is 2. The molecule has 1 amide bonds. The third kappa shape index (κ3) is 4.85. The van der Waals surface area contributed by atoms with Crippen molar-refractivity contribution in [1.82, 2.24) is 4.90 Å². The minimum atomic E-state index is -0.335. The molecule has 1 atom stereocenters. The number of hydrogen-bond acceptors (Lipinski definition) is 3. The lowest BCUT2D eigenvalue weighted by molar-refractivity contribution is 0.102. The molecule has 1 unspecified atom stereocenters. The second-order valence-electron chi connectivity index (χ2n) is 7.37. The van der Waals surface area contributed by atoms with Crippen molar-refractivity contribution in [3.8, 4) is 0 Å². The molecule has 6 heteroatoms. The van der Waals surface area contributed by atoms with E-state index in [-0.39, 0.29) is 11.7 Å². The highest BCUT2D eigenvalue weighted by Gasteiger charge is 2.21. The molecule has 27 heavy (non-hydrogen) atoms. The van der Waals surface area contributed by atoms with Gasteiger partial charge >= 0.3 is 0 Å². The molecule has 2 aromatic carbocycles. The molecule has 1 heterocycles. The molecule has 0 aliphatic carbocycles. The summed E-state index contributed by atoms with van der Waals surface area (Å²) < 4.78 is 13.3. The summed E-state index contributed by atoms with van der Waals surface area (Å²) in [5, 5.41) is 3.97. The molecule has 2 aromatic rings. The molecule has 1 fully saturated rings. The summed E-state index contributed by atoms with van der Waals surface area (Å²) in [6, 6.07) is 10.7. The number of amides is 1. The van der Waals surface area contributed by atoms with Crippen LogP contribution in [0.15, 0.2) is 36.4 Å². The second-order valence-corrected chi connectivity index (χ2v) is 8.04. The minimum absolute atomic E-state index is 0.226. The molecule has 144 valence electrons. The third-order valence-electron chi connectivity index (χ3n) is 5.27. The first-order chi connectivity index (χ1) is 12.8. The topological polar surface area (TPSA) is 35.6 Å². The number of rotatable bonds is 4. The van der Waals surface area contributed by atoms with Gasteiger partial charge in [0.05, 0.1) is 0 Å². The third-order valence-corrected chi connectivity index (χ3v) is 5.61. The number of halogens is 1. The average Bonchev–Trinajstić information content (AvgIpc) is 2.61. The first kappa shape index (κ1) is 19.8. The number of hydrogen-bond donors (Lipinski definition) is 1. The van der Waals surface area contributed by atoms with Gasteiger partial charge in [-0.05, 0) is 87.2 Å². The van der Waals surface area contributed by atoms with Crippen LogP contribution in [-0.2, 0) is 0 Å². The summed E-state index contributed by atoms with van der Waals surface area (Å²) in [5.41, 5.74) is 2.93. The predicted molar refractivity (Wildman–Crippen MR) is 114 cm³/mol. The predicted octanol–water partition coefficient (Wildman–Crippen LogP) is 3.42. The van der Waals surface area contributed by atoms with Crippen molar-refractivity contribution in [2.24, 2.45) is 0 Å². The average molecular weight is 387 g/mol. The van der Waals surface area contributed by atoms with E-state index in [1.165, 1.54) is 18.2 Å². The monoisotopic (exact) mass is 387 g/mol. The van der Waals surface area contributed by atoms with Crippen LogP contribution in [0.3, 0.4) is 0 Å². The van der Waals surface area contributed by atoms with Gasteiger partial charge < -0.3 is 15.1 Å². The molecule has 1 aliphatic rings. The number of anilines is 2. The number of likely N-dealkylation sites (tertiary alicyclic amines) is 1. The Bertz CT molecular complexity index is 834. The van der Waals surface area contributed by atoms with Gasteiger partial charge in [-0.15, -0.1) is 9.24 Å². The zero-order valence-corrected chi connectivity index (χ0v) is 17.3. The number of nitrogens with one attached hydrogen (secondary N) is 1. The van der Waals surface area contributed by atoms with E-state index in [0.29, 0.717) is 17.2 Å². The first-order valence-electron chi connectivity index (χ1n) is 9.23. The van der Waals surface area contributed by atoms with Gasteiger partial charge in [-0.2, -0.15) is 0 Å². The lowest BCUT2D eigenvalue weighted by Crippen LogP contribution is -2.42. The number of benzene rings is 2. The molecule has 1 N–H and O–H groups in total. The van der Waals surface area contributed by atoms with E-state index in [2.05, 4.69) is 44.5 Å². The highest BCUT2D eigenvalue weighted by atomic mass is 31.0. The summed E-state index contributed by atoms with van der Waals surface area (Å²) in [6.45, 7) is 3.94. The molecular formula is C21H27FN3OP. The number of carbonyl (C=O) groups excluding carboxylic acids is 1. The van der Waals surface area contributed by atoms with Gasteiger partial charge in [0.1, 0.15) is 5.82 Å². The van der Waals surface area contributed by atoms with Gasteiger partial charge in [0.15, 0.2) is 0 Å². The lowest BCUT2D eigenvalue weighted by Gasteiger charge is -2.36. The van der Waals surface area contributed by atoms with Crippen molar-refractivity contribution in [3.63, 3.8) is 0 Å². The van der Waals surface area contributed by atoms with Crippen molar-refractivity contribution in [2.45, 2.75) is 25.8 Å². The molecule has 4 nitrogen and oxygen atoms in total. The smallest absolute Gasteiger partial charge is 0.255 e. The fourth-order valence-corrected chi connectivity index (χ4v) is 3.93. The lowest BCUT2D eigenvalue weighted by atomic mass is 10.0. The Kier molecular flexibility index (Phi) is 6.13. The van der Waals surface area contributed by atoms with Gasteiger partial charge in [-0.3, -0.25) is 4.79 Å². The van der Waals surface area contributed by atoms with Crippen molar-refractivity contribution < 1.29 is 9.18 Å². The number of carbonyl (C=O) groups is 1. The Labute approximate surface area is 162 Å². The fourth-order valence-electron chi connectivity index (χ4n) is 3.58. The first-order valence-corrected chi connectivity index (χ1v) is 9.80. The summed E-state index contributed by atoms with van der Waals surface area (Å²) in [4.78, 5) is 17.3. The molecule has 0 spiro atoms. The van der Waals surface area contributed by atoms with E-state index in [1.807, 2.05) is 12.1 Å². The SMILES string of the molecule is Cc1cc(F)ccc1C(=O)Nc1cc(P)cc(N(C)C2CCN(C)CC2)c1. The highest BCUT2D eigenvalue weighted by molar-refractivity contribution is 7.27. The molecule has 0 saturated carbocycles. The van der Waals surface area contributed by atoms with Gasteiger partial charge in [0, 0.05) is 30.0 Å².